The van der Waals surface area contributed by atoms with Crippen LogP contribution in [0.15, 0.2) is 71.0 Å². The first-order valence-corrected chi connectivity index (χ1v) is 13.8. The number of benzene rings is 2. The maximum Gasteiger partial charge on any atom is 0.163 e. The molecule has 0 amide bonds. The Morgan fingerprint density at radius 1 is 1.15 bits per heavy atom. The number of ether oxygens (including phenoxy) is 1. The number of aliphatic imine (C=N–C) groups is 1. The number of carbonyl (C=O) groups excluding carboxylic acids is 1. The molecule has 0 saturated carbocycles. The van der Waals surface area contributed by atoms with E-state index in [1.165, 1.54) is 0 Å². The molecule has 0 aliphatic carbocycles. The first kappa shape index (κ1) is 28.5. The number of hydrogen-bond donors (Lipinski definition) is 4. The molecule has 1 unspecified atom stereocenters. The first-order valence-electron chi connectivity index (χ1n) is 13.8. The van der Waals surface area contributed by atoms with E-state index in [-0.39, 0.29) is 24.7 Å². The van der Waals surface area contributed by atoms with E-state index >= 15 is 0 Å². The Morgan fingerprint density at radius 2 is 2.00 bits per heavy atom. The molecule has 2 aromatic carbocycles. The number of hydrogen-bond acceptors (Lipinski definition) is 8. The molecule has 2 aliphatic rings. The van der Waals surface area contributed by atoms with Crippen molar-refractivity contribution in [3.8, 4) is 11.5 Å². The molecule has 0 spiro atoms. The lowest BCUT2D eigenvalue weighted by Gasteiger charge is -2.17. The fourth-order valence-corrected chi connectivity index (χ4v) is 4.90. The summed E-state index contributed by atoms with van der Waals surface area (Å²) in [5, 5.41) is 20.4. The Labute approximate surface area is 230 Å². The quantitative estimate of drug-likeness (QED) is 0.199. The van der Waals surface area contributed by atoms with Crippen molar-refractivity contribution in [2.75, 3.05) is 13.3 Å². The number of aliphatic hydroxyl groups is 1. The summed E-state index contributed by atoms with van der Waals surface area (Å²) < 4.78 is 5.95. The van der Waals surface area contributed by atoms with Gasteiger partial charge in [-0.2, -0.15) is 0 Å². The lowest BCUT2D eigenvalue weighted by atomic mass is 9.98. The molecular formula is C31H40N4O4. The number of rotatable bonds is 15. The second-order valence-electron chi connectivity index (χ2n) is 10.4. The number of allylic oxidation sites excluding steroid dienone is 1. The zero-order chi connectivity index (χ0) is 27.8. The van der Waals surface area contributed by atoms with Crippen LogP contribution >= 0.6 is 0 Å². The van der Waals surface area contributed by atoms with Crippen LogP contribution < -0.4 is 16.2 Å². The standard InChI is InChI=1S/C31H40N4O4/c1-2-3-4-8-25(36)16-26(37)11-9-21-10-12-29(38)30(15-21)39-20-35-18-27-24(17-34-28(27)19-35)14-22-6-5-7-23(13-22)31(32)33/h5-7,10,12-13,15,17-18,25,31,36,38H,2-4,8-9,11,14,16,19-20,32-33H2,1H3. The van der Waals surface area contributed by atoms with Crippen molar-refractivity contribution in [2.24, 2.45) is 16.5 Å². The molecule has 39 heavy (non-hydrogen) atoms. The zero-order valence-corrected chi connectivity index (χ0v) is 22.7. The topological polar surface area (TPSA) is 134 Å². The monoisotopic (exact) mass is 532 g/mol. The van der Waals surface area contributed by atoms with Crippen LogP contribution in [0, 0.1) is 0 Å². The molecule has 4 rings (SSSR count). The smallest absolute Gasteiger partial charge is 0.163 e. The normalized spacial score (nSPS) is 15.2. The summed E-state index contributed by atoms with van der Waals surface area (Å²) in [6, 6.07) is 13.1. The van der Waals surface area contributed by atoms with E-state index in [9.17, 15) is 15.0 Å². The predicted octanol–water partition coefficient (Wildman–Crippen LogP) is 4.26. The van der Waals surface area contributed by atoms with Gasteiger partial charge in [0.25, 0.3) is 0 Å². The van der Waals surface area contributed by atoms with Crippen LogP contribution in [0.4, 0.5) is 0 Å². The Hall–Kier alpha value is -3.46. The third-order valence-electron chi connectivity index (χ3n) is 7.13. The van der Waals surface area contributed by atoms with Crippen molar-refractivity contribution in [2.45, 2.75) is 70.6 Å². The van der Waals surface area contributed by atoms with Crippen molar-refractivity contribution in [1.29, 1.82) is 0 Å². The molecule has 0 aromatic heterocycles. The van der Waals surface area contributed by atoms with Gasteiger partial charge < -0.3 is 31.3 Å². The van der Waals surface area contributed by atoms with Crippen molar-refractivity contribution in [3.63, 3.8) is 0 Å². The Balaban J connectivity index is 1.28. The molecule has 0 saturated heterocycles. The van der Waals surface area contributed by atoms with Gasteiger partial charge >= 0.3 is 0 Å². The summed E-state index contributed by atoms with van der Waals surface area (Å²) in [6.45, 7) is 3.00. The molecule has 2 aromatic rings. The molecule has 8 nitrogen and oxygen atoms in total. The van der Waals surface area contributed by atoms with E-state index in [1.54, 1.807) is 18.2 Å². The third kappa shape index (κ3) is 8.02. The zero-order valence-electron chi connectivity index (χ0n) is 22.7. The summed E-state index contributed by atoms with van der Waals surface area (Å²) in [5.41, 5.74) is 17.8. The number of aromatic hydroxyl groups is 1. The van der Waals surface area contributed by atoms with Gasteiger partial charge in [0.2, 0.25) is 0 Å². The highest BCUT2D eigenvalue weighted by molar-refractivity contribution is 6.09. The van der Waals surface area contributed by atoms with Crippen molar-refractivity contribution < 1.29 is 19.7 Å². The molecule has 0 bridgehead atoms. The lowest BCUT2D eigenvalue weighted by Crippen LogP contribution is -2.23. The molecule has 1 atom stereocenters. The average molecular weight is 533 g/mol. The van der Waals surface area contributed by atoms with Crippen molar-refractivity contribution >= 4 is 11.5 Å². The molecule has 0 fully saturated rings. The molecule has 2 aliphatic heterocycles. The van der Waals surface area contributed by atoms with E-state index in [4.69, 9.17) is 16.2 Å². The van der Waals surface area contributed by atoms with Crippen LogP contribution in [-0.4, -0.2) is 46.0 Å². The van der Waals surface area contributed by atoms with E-state index in [2.05, 4.69) is 18.0 Å². The maximum atomic E-state index is 12.3. The summed E-state index contributed by atoms with van der Waals surface area (Å²) in [4.78, 5) is 18.9. The molecule has 6 N–H and O–H groups in total. The number of nitrogens with two attached hydrogens (primary N) is 2. The van der Waals surface area contributed by atoms with E-state index in [0.29, 0.717) is 31.6 Å². The van der Waals surface area contributed by atoms with Gasteiger partial charge in [0.1, 0.15) is 5.78 Å². The number of phenols is 1. The Kier molecular flexibility index (Phi) is 9.92. The van der Waals surface area contributed by atoms with Gasteiger partial charge in [-0.15, -0.1) is 0 Å². The van der Waals surface area contributed by atoms with Gasteiger partial charge in [-0.05, 0) is 53.7 Å². The number of ketones is 1. The fraction of sp³-hybridized carbons (Fsp3) is 0.419. The Bertz CT molecular complexity index is 1250. The first-order chi connectivity index (χ1) is 18.8. The van der Waals surface area contributed by atoms with Gasteiger partial charge in [0, 0.05) is 30.8 Å². The third-order valence-corrected chi connectivity index (χ3v) is 7.13. The minimum atomic E-state index is -0.564. The van der Waals surface area contributed by atoms with Gasteiger partial charge in [-0.3, -0.25) is 9.79 Å². The van der Waals surface area contributed by atoms with E-state index in [0.717, 1.165) is 59.2 Å². The minimum absolute atomic E-state index is 0.0482. The average Bonchev–Trinajstić information content (AvgIpc) is 3.49. The second-order valence-corrected chi connectivity index (χ2v) is 10.4. The number of phenolic OH excluding ortho intramolecular Hbond substituents is 1. The summed E-state index contributed by atoms with van der Waals surface area (Å²) in [7, 11) is 0. The summed E-state index contributed by atoms with van der Waals surface area (Å²) in [5.74, 6) is 0.481. The molecule has 0 radical (unpaired) electrons. The fourth-order valence-electron chi connectivity index (χ4n) is 4.90. The maximum absolute atomic E-state index is 12.3. The number of Topliss-reactive ketones (excluding diaryl/α,β-unsaturated/α-hetero) is 1. The SMILES string of the molecule is CCCCCC(O)CC(=O)CCc1ccc(O)c(OCN2C=C3C(Cc4cccc(C(N)N)c4)=CN=C3C2)c1. The highest BCUT2D eigenvalue weighted by Gasteiger charge is 2.26. The van der Waals surface area contributed by atoms with Crippen LogP contribution in [0.3, 0.4) is 0 Å². The second kappa shape index (κ2) is 13.6. The molecule has 8 heteroatoms. The molecule has 208 valence electrons. The minimum Gasteiger partial charge on any atom is -0.504 e. The number of fused-ring (bicyclic) bond motifs is 1. The molecule has 2 heterocycles. The van der Waals surface area contributed by atoms with Gasteiger partial charge in [0.05, 0.1) is 24.5 Å². The lowest BCUT2D eigenvalue weighted by molar-refractivity contribution is -0.121. The van der Waals surface area contributed by atoms with Crippen LogP contribution in [0.5, 0.6) is 11.5 Å². The number of nitrogens with zero attached hydrogens (tertiary/aromatic N) is 2. The highest BCUT2D eigenvalue weighted by atomic mass is 16.5. The van der Waals surface area contributed by atoms with Gasteiger partial charge in [0.15, 0.2) is 18.2 Å². The summed E-state index contributed by atoms with van der Waals surface area (Å²) in [6.07, 6.45) is 8.47. The number of unbranched alkanes of at least 4 members (excludes halogenated alkanes) is 2. The highest BCUT2D eigenvalue weighted by Crippen LogP contribution is 2.31. The summed E-state index contributed by atoms with van der Waals surface area (Å²) >= 11 is 0. The Morgan fingerprint density at radius 3 is 2.79 bits per heavy atom. The van der Waals surface area contributed by atoms with E-state index < -0.39 is 12.3 Å². The van der Waals surface area contributed by atoms with Crippen LogP contribution in [0.2, 0.25) is 0 Å². The van der Waals surface area contributed by atoms with Crippen molar-refractivity contribution in [3.05, 3.63) is 82.7 Å². The van der Waals surface area contributed by atoms with E-state index in [1.807, 2.05) is 35.5 Å². The van der Waals surface area contributed by atoms with Crippen LogP contribution in [0.1, 0.15) is 68.3 Å². The number of aliphatic hydroxyl groups excluding tert-OH is 1. The van der Waals surface area contributed by atoms with Crippen molar-refractivity contribution in [1.82, 2.24) is 4.90 Å². The largest absolute Gasteiger partial charge is 0.504 e. The number of aryl methyl sites for hydroxylation is 1. The van der Waals surface area contributed by atoms with Crippen LogP contribution in [-0.2, 0) is 17.6 Å². The predicted molar refractivity (Wildman–Crippen MR) is 153 cm³/mol. The van der Waals surface area contributed by atoms with Gasteiger partial charge in [-0.25, -0.2) is 0 Å². The molecular weight excluding hydrogens is 492 g/mol. The van der Waals surface area contributed by atoms with Gasteiger partial charge in [-0.1, -0.05) is 56.5 Å². The van der Waals surface area contributed by atoms with Crippen LogP contribution in [0.25, 0.3) is 0 Å². The number of carbonyl (C=O) groups is 1.